The fourth-order valence-electron chi connectivity index (χ4n) is 0.329. The number of aromatic nitrogens is 2. The Morgan fingerprint density at radius 2 is 2.50 bits per heavy atom. The van der Waals surface area contributed by atoms with Crippen LogP contribution in [0.25, 0.3) is 0 Å². The van der Waals surface area contributed by atoms with Crippen LogP contribution >= 0.6 is 0 Å². The molecule has 0 aliphatic rings. The van der Waals surface area contributed by atoms with Crippen LogP contribution in [0.4, 0.5) is 0 Å². The summed E-state index contributed by atoms with van der Waals surface area (Å²) in [4.78, 5) is 7.27. The van der Waals surface area contributed by atoms with Crippen molar-refractivity contribution in [3.8, 4) is 5.92 Å². The maximum Gasteiger partial charge on any atom is 0.142 e. The SMILES string of the molecule is [C]#Cc1[c]nccn1. The lowest BCUT2D eigenvalue weighted by molar-refractivity contribution is 1.16. The first-order chi connectivity index (χ1) is 3.93. The van der Waals surface area contributed by atoms with Crippen molar-refractivity contribution in [1.29, 1.82) is 0 Å². The Hall–Kier alpha value is -1.36. The average molecular weight is 102 g/mol. The van der Waals surface area contributed by atoms with E-state index < -0.39 is 0 Å². The zero-order valence-corrected chi connectivity index (χ0v) is 4.05. The molecule has 1 aromatic rings. The molecule has 2 radical (unpaired) electrons. The molecule has 0 saturated heterocycles. The van der Waals surface area contributed by atoms with Crippen molar-refractivity contribution >= 4 is 0 Å². The van der Waals surface area contributed by atoms with Crippen LogP contribution < -0.4 is 0 Å². The van der Waals surface area contributed by atoms with Gasteiger partial charge in [-0.1, -0.05) is 0 Å². The van der Waals surface area contributed by atoms with Crippen LogP contribution in [0.2, 0.25) is 0 Å². The van der Waals surface area contributed by atoms with E-state index >= 15 is 0 Å². The molecule has 1 aromatic heterocycles. The molecule has 0 unspecified atom stereocenters. The molecule has 36 valence electrons. The molecule has 0 spiro atoms. The summed E-state index contributed by atoms with van der Waals surface area (Å²) in [5.74, 6) is 2.05. The minimum absolute atomic E-state index is 0.340. The molecule has 0 saturated carbocycles. The molecule has 0 aliphatic carbocycles. The first-order valence-electron chi connectivity index (χ1n) is 2.05. The fourth-order valence-corrected chi connectivity index (χ4v) is 0.329. The van der Waals surface area contributed by atoms with E-state index in [-0.39, 0.29) is 0 Å². The highest BCUT2D eigenvalue weighted by Gasteiger charge is 1.81. The van der Waals surface area contributed by atoms with Gasteiger partial charge in [-0.25, -0.2) is 9.97 Å². The molecule has 0 fully saturated rings. The molecule has 1 rings (SSSR count). The third kappa shape index (κ3) is 0.824. The van der Waals surface area contributed by atoms with Crippen LogP contribution in [-0.2, 0) is 0 Å². The van der Waals surface area contributed by atoms with Gasteiger partial charge in [-0.15, -0.1) is 0 Å². The van der Waals surface area contributed by atoms with Gasteiger partial charge in [0.15, 0.2) is 0 Å². The minimum Gasteiger partial charge on any atom is -0.250 e. The molecular weight excluding hydrogens is 100 g/mol. The number of rotatable bonds is 0. The molecule has 0 N–H and O–H groups in total. The lowest BCUT2D eigenvalue weighted by Gasteiger charge is -1.79. The van der Waals surface area contributed by atoms with Crippen LogP contribution in [0.3, 0.4) is 0 Å². The first kappa shape index (κ1) is 4.79. The van der Waals surface area contributed by atoms with Gasteiger partial charge in [0.1, 0.15) is 11.9 Å². The second-order valence-corrected chi connectivity index (χ2v) is 1.14. The van der Waals surface area contributed by atoms with E-state index in [0.717, 1.165) is 0 Å². The van der Waals surface area contributed by atoms with Crippen LogP contribution in [0.1, 0.15) is 5.69 Å². The molecule has 2 heteroatoms. The summed E-state index contributed by atoms with van der Waals surface area (Å²) in [6.07, 6.45) is 12.0. The van der Waals surface area contributed by atoms with Crippen molar-refractivity contribution in [1.82, 2.24) is 9.97 Å². The molecule has 0 atom stereocenters. The zero-order chi connectivity index (χ0) is 5.82. The molecule has 8 heavy (non-hydrogen) atoms. The summed E-state index contributed by atoms with van der Waals surface area (Å²) < 4.78 is 0. The van der Waals surface area contributed by atoms with E-state index in [1.807, 2.05) is 5.92 Å². The molecule has 0 aliphatic heterocycles. The summed E-state index contributed by atoms with van der Waals surface area (Å²) in [5.41, 5.74) is 0.340. The Kier molecular flexibility index (Phi) is 1.25. The predicted molar refractivity (Wildman–Crippen MR) is 27.1 cm³/mol. The summed E-state index contributed by atoms with van der Waals surface area (Å²) >= 11 is 0. The Morgan fingerprint density at radius 1 is 1.62 bits per heavy atom. The third-order valence-electron chi connectivity index (χ3n) is 0.634. The first-order valence-corrected chi connectivity index (χ1v) is 2.05. The van der Waals surface area contributed by atoms with Crippen molar-refractivity contribution in [2.24, 2.45) is 0 Å². The summed E-state index contributed by atoms with van der Waals surface area (Å²) in [6, 6.07) is 0. The van der Waals surface area contributed by atoms with Crippen LogP contribution in [0.5, 0.6) is 0 Å². The third-order valence-corrected chi connectivity index (χ3v) is 0.634. The number of hydrogen-bond acceptors (Lipinski definition) is 2. The van der Waals surface area contributed by atoms with E-state index in [0.29, 0.717) is 5.69 Å². The van der Waals surface area contributed by atoms with Crippen LogP contribution in [0, 0.1) is 18.5 Å². The van der Waals surface area contributed by atoms with Gasteiger partial charge in [-0.05, 0) is 12.3 Å². The largest absolute Gasteiger partial charge is 0.250 e. The van der Waals surface area contributed by atoms with Crippen LogP contribution in [0.15, 0.2) is 12.4 Å². The highest BCUT2D eigenvalue weighted by molar-refractivity contribution is 5.14. The normalized spacial score (nSPS) is 7.88. The highest BCUT2D eigenvalue weighted by atomic mass is 14.7. The Labute approximate surface area is 47.6 Å². The van der Waals surface area contributed by atoms with Crippen molar-refractivity contribution in [3.63, 3.8) is 0 Å². The van der Waals surface area contributed by atoms with Gasteiger partial charge in [0.25, 0.3) is 0 Å². The quantitative estimate of drug-likeness (QED) is 0.438. The second kappa shape index (κ2) is 2.08. The smallest absolute Gasteiger partial charge is 0.142 e. The predicted octanol–water partition coefficient (Wildman–Crippen LogP) is 0.215. The fraction of sp³-hybridized carbons (Fsp3) is 0. The van der Waals surface area contributed by atoms with E-state index in [2.05, 4.69) is 16.2 Å². The summed E-state index contributed by atoms with van der Waals surface area (Å²) in [5, 5.41) is 0. The van der Waals surface area contributed by atoms with Gasteiger partial charge < -0.3 is 0 Å². The van der Waals surface area contributed by atoms with Crippen molar-refractivity contribution in [3.05, 3.63) is 30.7 Å². The van der Waals surface area contributed by atoms with Crippen molar-refractivity contribution < 1.29 is 0 Å². The molecule has 1 heterocycles. The second-order valence-electron chi connectivity index (χ2n) is 1.14. The van der Waals surface area contributed by atoms with Gasteiger partial charge in [-0.2, -0.15) is 0 Å². The van der Waals surface area contributed by atoms with Gasteiger partial charge >= 0.3 is 0 Å². The Bertz CT molecular complexity index is 198. The Balaban J connectivity index is 3.05. The van der Waals surface area contributed by atoms with E-state index in [4.69, 9.17) is 6.42 Å². The number of hydrogen-bond donors (Lipinski definition) is 0. The number of nitrogens with zero attached hydrogens (tertiary/aromatic N) is 2. The van der Waals surface area contributed by atoms with Gasteiger partial charge in [-0.3, -0.25) is 0 Å². The monoisotopic (exact) mass is 102 g/mol. The zero-order valence-electron chi connectivity index (χ0n) is 4.05. The van der Waals surface area contributed by atoms with Crippen molar-refractivity contribution in [2.45, 2.75) is 0 Å². The molecule has 2 nitrogen and oxygen atoms in total. The average Bonchev–Trinajstić information content (AvgIpc) is 1.90. The van der Waals surface area contributed by atoms with Gasteiger partial charge in [0.05, 0.1) is 0 Å². The molecule has 0 bridgehead atoms. The van der Waals surface area contributed by atoms with Crippen LogP contribution in [-0.4, -0.2) is 9.97 Å². The molecule has 0 amide bonds. The lowest BCUT2D eigenvalue weighted by atomic mass is 10.5. The van der Waals surface area contributed by atoms with E-state index in [9.17, 15) is 0 Å². The standard InChI is InChI=1S/C6H2N2/c1-2-6-5-7-3-4-8-6/h3-4H. The Morgan fingerprint density at radius 3 is 2.88 bits per heavy atom. The van der Waals surface area contributed by atoms with E-state index in [1.54, 1.807) is 0 Å². The molecule has 0 aromatic carbocycles. The highest BCUT2D eigenvalue weighted by Crippen LogP contribution is 1.81. The maximum atomic E-state index is 6.56. The summed E-state index contributed by atoms with van der Waals surface area (Å²) in [7, 11) is 0. The van der Waals surface area contributed by atoms with Gasteiger partial charge in [0.2, 0.25) is 0 Å². The maximum absolute atomic E-state index is 6.56. The lowest BCUT2D eigenvalue weighted by Crippen LogP contribution is -1.80. The van der Waals surface area contributed by atoms with E-state index in [1.165, 1.54) is 12.4 Å². The van der Waals surface area contributed by atoms with Crippen molar-refractivity contribution in [2.75, 3.05) is 0 Å². The minimum atomic E-state index is 0.340. The van der Waals surface area contributed by atoms with Gasteiger partial charge in [0, 0.05) is 12.4 Å². The summed E-state index contributed by atoms with van der Waals surface area (Å²) in [6.45, 7) is 0. The molecular formula is C6H2N2. The topological polar surface area (TPSA) is 25.8 Å².